The van der Waals surface area contributed by atoms with Crippen molar-refractivity contribution in [1.29, 1.82) is 0 Å². The Morgan fingerprint density at radius 1 is 0.895 bits per heavy atom. The monoisotopic (exact) mass is 272 g/mol. The summed E-state index contributed by atoms with van der Waals surface area (Å²) in [7, 11) is 0. The fourth-order valence-electron chi connectivity index (χ4n) is 1.56. The maximum Gasteiger partial charge on any atom is 0.0638 e. The first-order valence-corrected chi connectivity index (χ1v) is 6.74. The normalized spacial score (nSPS) is 10.3. The molecule has 0 aromatic heterocycles. The zero-order chi connectivity index (χ0) is 14.3. The molecule has 0 saturated carbocycles. The van der Waals surface area contributed by atoms with Crippen LogP contribution in [0, 0.1) is 0 Å². The zero-order valence-corrected chi connectivity index (χ0v) is 12.6. The van der Waals surface area contributed by atoms with Crippen LogP contribution in [0.3, 0.4) is 0 Å². The molecule has 19 heavy (non-hydrogen) atoms. The Morgan fingerprint density at radius 2 is 1.32 bits per heavy atom. The van der Waals surface area contributed by atoms with Crippen LogP contribution < -0.4 is 0 Å². The number of hydrogen-bond acceptors (Lipinski definition) is 0. The van der Waals surface area contributed by atoms with Crippen molar-refractivity contribution in [2.75, 3.05) is 0 Å². The summed E-state index contributed by atoms with van der Waals surface area (Å²) in [6.45, 7) is 9.81. The lowest BCUT2D eigenvalue weighted by Crippen LogP contribution is -2.06. The van der Waals surface area contributed by atoms with Crippen molar-refractivity contribution < 1.29 is 0 Å². The highest BCUT2D eigenvalue weighted by Gasteiger charge is 2.14. The zero-order valence-electron chi connectivity index (χ0n) is 11.9. The second-order valence-corrected chi connectivity index (χ2v) is 5.93. The quantitative estimate of drug-likeness (QED) is 0.599. The fourth-order valence-corrected chi connectivity index (χ4v) is 1.68. The van der Waals surface area contributed by atoms with Gasteiger partial charge in [0, 0.05) is 0 Å². The summed E-state index contributed by atoms with van der Waals surface area (Å²) < 4.78 is 0. The van der Waals surface area contributed by atoms with Gasteiger partial charge in [0.05, 0.1) is 4.87 Å². The topological polar surface area (TPSA) is 0 Å². The van der Waals surface area contributed by atoms with Crippen LogP contribution in [0.2, 0.25) is 0 Å². The number of benzene rings is 2. The molecule has 0 aliphatic rings. The van der Waals surface area contributed by atoms with Gasteiger partial charge >= 0.3 is 0 Å². The van der Waals surface area contributed by atoms with Gasteiger partial charge in [-0.1, -0.05) is 72.8 Å². The molecule has 0 fully saturated rings. The maximum atomic E-state index is 6.06. The minimum atomic E-state index is -0.235. The summed E-state index contributed by atoms with van der Waals surface area (Å²) in [4.78, 5) is -0.235. The van der Waals surface area contributed by atoms with Gasteiger partial charge in [0.15, 0.2) is 0 Å². The minimum absolute atomic E-state index is 0.235. The summed E-state index contributed by atoms with van der Waals surface area (Å²) in [6.07, 6.45) is 0. The van der Waals surface area contributed by atoms with Gasteiger partial charge in [0.1, 0.15) is 0 Å². The highest BCUT2D eigenvalue weighted by Crippen LogP contribution is 2.26. The predicted octanol–water partition coefficient (Wildman–Crippen LogP) is 5.88. The van der Waals surface area contributed by atoms with Crippen LogP contribution in [0.4, 0.5) is 0 Å². The lowest BCUT2D eigenvalue weighted by Gasteiger charge is -2.15. The molecule has 0 amide bonds. The Labute approximate surface area is 121 Å². The van der Waals surface area contributed by atoms with E-state index in [2.05, 4.69) is 18.7 Å². The highest BCUT2D eigenvalue weighted by atomic mass is 35.5. The molecule has 2 rings (SSSR count). The third-order valence-corrected chi connectivity index (χ3v) is 2.95. The Kier molecular flexibility index (Phi) is 5.85. The van der Waals surface area contributed by atoms with E-state index in [-0.39, 0.29) is 4.87 Å². The first kappa shape index (κ1) is 15.5. The van der Waals surface area contributed by atoms with Gasteiger partial charge < -0.3 is 0 Å². The lowest BCUT2D eigenvalue weighted by molar-refractivity contribution is 0.766. The van der Waals surface area contributed by atoms with Gasteiger partial charge in [-0.2, -0.15) is 0 Å². The molecule has 0 nitrogen and oxygen atoms in total. The van der Waals surface area contributed by atoms with E-state index in [1.54, 1.807) is 0 Å². The van der Waals surface area contributed by atoms with Crippen LogP contribution in [0.15, 0.2) is 67.2 Å². The molecule has 0 aliphatic carbocycles. The molecular formula is C18H21Cl. The summed E-state index contributed by atoms with van der Waals surface area (Å²) in [5.74, 6) is 0. The molecule has 0 unspecified atom stereocenters. The number of alkyl halides is 1. The molecule has 2 aromatic carbocycles. The lowest BCUT2D eigenvalue weighted by atomic mass is 10.0. The smallest absolute Gasteiger partial charge is 0.0638 e. The summed E-state index contributed by atoms with van der Waals surface area (Å²) in [6, 6.07) is 20.2. The molecular weight excluding hydrogens is 252 g/mol. The van der Waals surface area contributed by atoms with E-state index in [0.717, 1.165) is 11.1 Å². The van der Waals surface area contributed by atoms with Crippen LogP contribution >= 0.6 is 11.6 Å². The fraction of sp³-hybridized carbons (Fsp3) is 0.222. The molecule has 0 spiro atoms. The summed E-state index contributed by atoms with van der Waals surface area (Å²) in [5.41, 5.74) is 3.50. The molecule has 0 N–H and O–H groups in total. The number of halogens is 1. The Bertz CT molecular complexity index is 492. The van der Waals surface area contributed by atoms with Crippen LogP contribution in [-0.2, 0) is 4.87 Å². The Hall–Kier alpha value is -1.53. The number of rotatable bonds is 2. The van der Waals surface area contributed by atoms with Crippen LogP contribution in [0.5, 0.6) is 0 Å². The molecule has 0 atom stereocenters. The summed E-state index contributed by atoms with van der Waals surface area (Å²) in [5, 5.41) is 0. The van der Waals surface area contributed by atoms with E-state index in [9.17, 15) is 0 Å². The minimum Gasteiger partial charge on any atom is -0.115 e. The second-order valence-electron chi connectivity index (χ2n) is 4.98. The molecule has 0 saturated heterocycles. The van der Waals surface area contributed by atoms with Gasteiger partial charge in [0.25, 0.3) is 0 Å². The van der Waals surface area contributed by atoms with Crippen molar-refractivity contribution in [1.82, 2.24) is 0 Å². The van der Waals surface area contributed by atoms with Crippen molar-refractivity contribution in [2.45, 2.75) is 25.6 Å². The molecule has 2 aromatic rings. The van der Waals surface area contributed by atoms with E-state index < -0.39 is 0 Å². The van der Waals surface area contributed by atoms with E-state index in [4.69, 9.17) is 11.6 Å². The maximum absolute atomic E-state index is 6.06. The van der Waals surface area contributed by atoms with E-state index in [0.29, 0.717) is 0 Å². The van der Waals surface area contributed by atoms with Gasteiger partial charge in [-0.25, -0.2) is 0 Å². The van der Waals surface area contributed by atoms with Gasteiger partial charge in [-0.05, 0) is 31.9 Å². The van der Waals surface area contributed by atoms with E-state index in [1.165, 1.54) is 5.56 Å². The number of allylic oxidation sites excluding steroid dienone is 1. The van der Waals surface area contributed by atoms with Gasteiger partial charge in [-0.3, -0.25) is 0 Å². The average molecular weight is 273 g/mol. The van der Waals surface area contributed by atoms with Crippen LogP contribution in [-0.4, -0.2) is 0 Å². The first-order chi connectivity index (χ1) is 8.91. The first-order valence-electron chi connectivity index (χ1n) is 6.36. The van der Waals surface area contributed by atoms with Crippen molar-refractivity contribution in [3.63, 3.8) is 0 Å². The Morgan fingerprint density at radius 3 is 1.58 bits per heavy atom. The van der Waals surface area contributed by atoms with Crippen LogP contribution in [0.25, 0.3) is 5.57 Å². The number of hydrogen-bond donors (Lipinski definition) is 0. The Balaban J connectivity index is 0.000000191. The van der Waals surface area contributed by atoms with Crippen molar-refractivity contribution in [2.24, 2.45) is 0 Å². The third kappa shape index (κ3) is 5.76. The van der Waals surface area contributed by atoms with E-state index >= 15 is 0 Å². The second kappa shape index (κ2) is 7.16. The predicted molar refractivity (Wildman–Crippen MR) is 86.5 cm³/mol. The van der Waals surface area contributed by atoms with Crippen molar-refractivity contribution in [3.8, 4) is 0 Å². The van der Waals surface area contributed by atoms with Crippen LogP contribution in [0.1, 0.15) is 31.9 Å². The molecule has 0 radical (unpaired) electrons. The molecule has 0 bridgehead atoms. The third-order valence-electron chi connectivity index (χ3n) is 2.73. The van der Waals surface area contributed by atoms with Crippen molar-refractivity contribution in [3.05, 3.63) is 78.4 Å². The SMILES string of the molecule is C=C(C)c1ccccc1.CC(C)(Cl)c1ccccc1. The van der Waals surface area contributed by atoms with Crippen molar-refractivity contribution >= 4 is 17.2 Å². The molecule has 1 heteroatoms. The molecule has 0 aliphatic heterocycles. The average Bonchev–Trinajstić information content (AvgIpc) is 2.40. The standard InChI is InChI=1S/C9H11Cl.C9H10/c1-9(2,10)8-6-4-3-5-7-8;1-8(2)9-6-4-3-5-7-9/h3-7H,1-2H3;3-7H,1H2,2H3. The van der Waals surface area contributed by atoms with Gasteiger partial charge in [-0.15, -0.1) is 11.6 Å². The van der Waals surface area contributed by atoms with Gasteiger partial charge in [0.2, 0.25) is 0 Å². The molecule has 0 heterocycles. The summed E-state index contributed by atoms with van der Waals surface area (Å²) >= 11 is 6.06. The highest BCUT2D eigenvalue weighted by molar-refractivity contribution is 6.23. The molecule has 100 valence electrons. The largest absolute Gasteiger partial charge is 0.115 e. The van der Waals surface area contributed by atoms with E-state index in [1.807, 2.05) is 69.3 Å².